The maximum atomic E-state index is 12.3. The zero-order valence-electron chi connectivity index (χ0n) is 33.7. The number of hydrogen-bond donors (Lipinski definition) is 3. The number of nitrogens with one attached hydrogen (secondary N) is 1. The van der Waals surface area contributed by atoms with Crippen LogP contribution in [0.5, 0.6) is 0 Å². The van der Waals surface area contributed by atoms with E-state index in [9.17, 15) is 15.0 Å². The van der Waals surface area contributed by atoms with Crippen molar-refractivity contribution in [1.29, 1.82) is 0 Å². The van der Waals surface area contributed by atoms with Crippen molar-refractivity contribution in [1.82, 2.24) is 5.32 Å². The number of rotatable bonds is 40. The second-order valence-electron chi connectivity index (χ2n) is 15.1. The van der Waals surface area contributed by atoms with E-state index in [0.29, 0.717) is 12.8 Å². The van der Waals surface area contributed by atoms with Gasteiger partial charge in [0.2, 0.25) is 5.91 Å². The number of allylic oxidation sites excluding steroid dienone is 5. The standard InChI is InChI=1S/C46H87NO3/c1-3-5-7-9-11-13-15-17-18-19-20-21-22-23-24-25-26-27-28-30-31-33-35-37-39-41-45(49)44(43-48)47-46(50)42-40-38-36-34-32-29-16-14-12-10-8-6-4-2/h29,32,36,38-39,41,44-45,48-49H,3-28,30-31,33-35,37,40,42-43H2,1-2H3,(H,47,50)/b32-29-,38-36-,41-39+. The van der Waals surface area contributed by atoms with Gasteiger partial charge in [0, 0.05) is 6.42 Å². The number of aliphatic hydroxyl groups is 2. The van der Waals surface area contributed by atoms with Crippen LogP contribution >= 0.6 is 0 Å². The number of amides is 1. The molecule has 50 heavy (non-hydrogen) atoms. The molecule has 2 unspecified atom stereocenters. The molecular formula is C46H87NO3. The second kappa shape index (κ2) is 42.0. The van der Waals surface area contributed by atoms with Crippen LogP contribution in [0.1, 0.15) is 232 Å². The highest BCUT2D eigenvalue weighted by atomic mass is 16.3. The summed E-state index contributed by atoms with van der Waals surface area (Å²) in [5.74, 6) is -0.130. The zero-order valence-corrected chi connectivity index (χ0v) is 33.7. The van der Waals surface area contributed by atoms with Gasteiger partial charge in [-0.05, 0) is 38.5 Å². The van der Waals surface area contributed by atoms with E-state index in [0.717, 1.165) is 25.7 Å². The van der Waals surface area contributed by atoms with E-state index in [-0.39, 0.29) is 12.5 Å². The molecule has 0 aromatic heterocycles. The van der Waals surface area contributed by atoms with Gasteiger partial charge in [0.05, 0.1) is 18.8 Å². The Balaban J connectivity index is 3.56. The first-order valence-corrected chi connectivity index (χ1v) is 22.2. The third-order valence-corrected chi connectivity index (χ3v) is 10.1. The second-order valence-corrected chi connectivity index (χ2v) is 15.1. The van der Waals surface area contributed by atoms with Crippen LogP contribution in [0.2, 0.25) is 0 Å². The fourth-order valence-corrected chi connectivity index (χ4v) is 6.70. The average molecular weight is 702 g/mol. The van der Waals surface area contributed by atoms with E-state index in [2.05, 4.69) is 37.4 Å². The van der Waals surface area contributed by atoms with Crippen molar-refractivity contribution in [3.63, 3.8) is 0 Å². The van der Waals surface area contributed by atoms with Crippen LogP contribution in [-0.4, -0.2) is 34.9 Å². The Kier molecular flexibility index (Phi) is 40.9. The molecule has 0 aromatic carbocycles. The molecule has 3 N–H and O–H groups in total. The lowest BCUT2D eigenvalue weighted by atomic mass is 10.0. The molecule has 1 amide bonds. The van der Waals surface area contributed by atoms with E-state index in [4.69, 9.17) is 0 Å². The van der Waals surface area contributed by atoms with E-state index in [1.54, 1.807) is 6.08 Å². The summed E-state index contributed by atoms with van der Waals surface area (Å²) in [5.41, 5.74) is 0. The average Bonchev–Trinajstić information content (AvgIpc) is 3.12. The van der Waals surface area contributed by atoms with Crippen LogP contribution in [-0.2, 0) is 4.79 Å². The molecule has 0 bridgehead atoms. The molecule has 0 saturated heterocycles. The van der Waals surface area contributed by atoms with Crippen molar-refractivity contribution in [2.24, 2.45) is 0 Å². The predicted molar refractivity (Wildman–Crippen MR) is 221 cm³/mol. The van der Waals surface area contributed by atoms with Gasteiger partial charge in [-0.1, -0.05) is 224 Å². The molecule has 0 saturated carbocycles. The summed E-state index contributed by atoms with van der Waals surface area (Å²) in [7, 11) is 0. The monoisotopic (exact) mass is 702 g/mol. The lowest BCUT2D eigenvalue weighted by Crippen LogP contribution is -2.45. The molecule has 294 valence electrons. The maximum Gasteiger partial charge on any atom is 0.220 e. The molecule has 0 aliphatic carbocycles. The molecular weight excluding hydrogens is 615 g/mol. The van der Waals surface area contributed by atoms with Crippen LogP contribution in [0.25, 0.3) is 0 Å². The smallest absolute Gasteiger partial charge is 0.220 e. The van der Waals surface area contributed by atoms with Crippen LogP contribution in [0.15, 0.2) is 36.5 Å². The molecule has 0 spiro atoms. The minimum atomic E-state index is -0.860. The van der Waals surface area contributed by atoms with Gasteiger partial charge < -0.3 is 15.5 Å². The largest absolute Gasteiger partial charge is 0.394 e. The van der Waals surface area contributed by atoms with Crippen molar-refractivity contribution in [3.05, 3.63) is 36.5 Å². The van der Waals surface area contributed by atoms with Gasteiger partial charge in [0.15, 0.2) is 0 Å². The van der Waals surface area contributed by atoms with Crippen LogP contribution in [0.3, 0.4) is 0 Å². The highest BCUT2D eigenvalue weighted by molar-refractivity contribution is 5.76. The van der Waals surface area contributed by atoms with Gasteiger partial charge in [-0.15, -0.1) is 0 Å². The molecule has 0 rings (SSSR count). The van der Waals surface area contributed by atoms with Crippen molar-refractivity contribution in [2.75, 3.05) is 6.61 Å². The highest BCUT2D eigenvalue weighted by Crippen LogP contribution is 2.16. The number of hydrogen-bond acceptors (Lipinski definition) is 3. The Morgan fingerprint density at radius 3 is 1.20 bits per heavy atom. The zero-order chi connectivity index (χ0) is 36.4. The first-order chi connectivity index (χ1) is 24.7. The van der Waals surface area contributed by atoms with E-state index in [1.165, 1.54) is 180 Å². The molecule has 2 atom stereocenters. The minimum absolute atomic E-state index is 0.130. The fraction of sp³-hybridized carbons (Fsp3) is 0.848. The third kappa shape index (κ3) is 37.9. The van der Waals surface area contributed by atoms with Crippen molar-refractivity contribution >= 4 is 5.91 Å². The van der Waals surface area contributed by atoms with E-state index in [1.807, 2.05) is 12.2 Å². The quantitative estimate of drug-likeness (QED) is 0.0440. The minimum Gasteiger partial charge on any atom is -0.394 e. The Morgan fingerprint density at radius 1 is 0.480 bits per heavy atom. The van der Waals surface area contributed by atoms with Crippen LogP contribution < -0.4 is 5.32 Å². The number of aliphatic hydroxyl groups excluding tert-OH is 2. The topological polar surface area (TPSA) is 69.6 Å². The number of carbonyl (C=O) groups is 1. The molecule has 0 aromatic rings. The Hall–Kier alpha value is -1.39. The van der Waals surface area contributed by atoms with Gasteiger partial charge >= 0.3 is 0 Å². The number of unbranched alkanes of at least 4 members (excludes halogenated alkanes) is 29. The van der Waals surface area contributed by atoms with Gasteiger partial charge in [0.1, 0.15) is 0 Å². The van der Waals surface area contributed by atoms with Gasteiger partial charge in [-0.2, -0.15) is 0 Å². The van der Waals surface area contributed by atoms with Crippen LogP contribution in [0.4, 0.5) is 0 Å². The first-order valence-electron chi connectivity index (χ1n) is 22.2. The van der Waals surface area contributed by atoms with Crippen molar-refractivity contribution in [3.8, 4) is 0 Å². The molecule has 0 heterocycles. The number of carbonyl (C=O) groups excluding carboxylic acids is 1. The maximum absolute atomic E-state index is 12.3. The molecule has 0 fully saturated rings. The summed E-state index contributed by atoms with van der Waals surface area (Å²) in [5, 5.41) is 22.9. The molecule has 0 aliphatic rings. The Labute approximate surface area is 312 Å². The van der Waals surface area contributed by atoms with Gasteiger partial charge in [-0.25, -0.2) is 0 Å². The normalized spacial score (nSPS) is 13.3. The summed E-state index contributed by atoms with van der Waals surface area (Å²) < 4.78 is 0. The summed E-state index contributed by atoms with van der Waals surface area (Å²) in [4.78, 5) is 12.3. The lowest BCUT2D eigenvalue weighted by molar-refractivity contribution is -0.122. The SMILES string of the molecule is CCCCCCCC/C=C\C/C=C\CCC(=O)NC(CO)C(O)/C=C/CCCCCCCCCCCCCCCCCCCCCCCCC. The Morgan fingerprint density at radius 2 is 0.820 bits per heavy atom. The summed E-state index contributed by atoms with van der Waals surface area (Å²) in [6, 6.07) is -0.651. The van der Waals surface area contributed by atoms with Crippen molar-refractivity contribution in [2.45, 2.75) is 244 Å². The summed E-state index contributed by atoms with van der Waals surface area (Å²) in [6.45, 7) is 4.28. The molecule has 4 heteroatoms. The first kappa shape index (κ1) is 48.6. The molecule has 0 radical (unpaired) electrons. The van der Waals surface area contributed by atoms with E-state index < -0.39 is 12.1 Å². The molecule has 0 aliphatic heterocycles. The highest BCUT2D eigenvalue weighted by Gasteiger charge is 2.17. The van der Waals surface area contributed by atoms with Gasteiger partial charge in [-0.3, -0.25) is 4.79 Å². The third-order valence-electron chi connectivity index (χ3n) is 10.1. The lowest BCUT2D eigenvalue weighted by Gasteiger charge is -2.19. The fourth-order valence-electron chi connectivity index (χ4n) is 6.70. The Bertz CT molecular complexity index is 760. The predicted octanol–water partition coefficient (Wildman–Crippen LogP) is 13.8. The summed E-state index contributed by atoms with van der Waals surface area (Å²) in [6.07, 6.45) is 55.6. The van der Waals surface area contributed by atoms with Crippen molar-refractivity contribution < 1.29 is 15.0 Å². The van der Waals surface area contributed by atoms with E-state index >= 15 is 0 Å². The molecule has 4 nitrogen and oxygen atoms in total. The van der Waals surface area contributed by atoms with Crippen LogP contribution in [0, 0.1) is 0 Å². The van der Waals surface area contributed by atoms with Gasteiger partial charge in [0.25, 0.3) is 0 Å². The summed E-state index contributed by atoms with van der Waals surface area (Å²) >= 11 is 0.